The Morgan fingerprint density at radius 3 is 2.83 bits per heavy atom. The fraction of sp³-hybridized carbons (Fsp3) is 0.529. The van der Waals surface area contributed by atoms with Crippen molar-refractivity contribution in [2.45, 2.75) is 33.3 Å². The highest BCUT2D eigenvalue weighted by molar-refractivity contribution is 6.30. The second-order valence-electron chi connectivity index (χ2n) is 6.18. The van der Waals surface area contributed by atoms with Crippen molar-refractivity contribution in [2.75, 3.05) is 13.2 Å². The van der Waals surface area contributed by atoms with Crippen LogP contribution in [0.4, 0.5) is 0 Å². The fourth-order valence-electron chi connectivity index (χ4n) is 2.29. The molecule has 0 saturated heterocycles. The van der Waals surface area contributed by atoms with Crippen molar-refractivity contribution < 1.29 is 19.1 Å². The molecule has 1 heterocycles. The topological polar surface area (TPSA) is 64.6 Å². The number of rotatable bonds is 5. The molecule has 1 aromatic rings. The molecule has 2 atom stereocenters. The Kier molecular flexibility index (Phi) is 5.88. The summed E-state index contributed by atoms with van der Waals surface area (Å²) in [6.07, 6.45) is -0.322. The summed E-state index contributed by atoms with van der Waals surface area (Å²) in [5, 5.41) is 3.35. The summed E-state index contributed by atoms with van der Waals surface area (Å²) < 4.78 is 10.8. The van der Waals surface area contributed by atoms with Crippen molar-refractivity contribution in [2.24, 2.45) is 11.8 Å². The molecule has 0 bridgehead atoms. The molecule has 0 radical (unpaired) electrons. The summed E-state index contributed by atoms with van der Waals surface area (Å²) in [5.74, 6) is -0.0626. The fourth-order valence-corrected chi connectivity index (χ4v) is 2.48. The lowest BCUT2D eigenvalue weighted by molar-refractivity contribution is -0.160. The number of carbonyl (C=O) groups excluding carboxylic acids is 2. The van der Waals surface area contributed by atoms with Crippen molar-refractivity contribution in [3.63, 3.8) is 0 Å². The minimum Gasteiger partial charge on any atom is -0.492 e. The average molecular weight is 340 g/mol. The molecule has 2 rings (SSSR count). The largest absolute Gasteiger partial charge is 0.492 e. The average Bonchev–Trinajstić information content (AvgIpc) is 2.51. The van der Waals surface area contributed by atoms with E-state index in [1.807, 2.05) is 13.8 Å². The zero-order chi connectivity index (χ0) is 17.0. The van der Waals surface area contributed by atoms with Gasteiger partial charge in [-0.3, -0.25) is 9.59 Å². The molecule has 0 aliphatic carbocycles. The van der Waals surface area contributed by atoms with Crippen LogP contribution < -0.4 is 10.1 Å². The zero-order valence-electron chi connectivity index (χ0n) is 13.6. The van der Waals surface area contributed by atoms with Crippen LogP contribution in [-0.4, -0.2) is 31.1 Å². The van der Waals surface area contributed by atoms with Crippen LogP contribution >= 0.6 is 11.6 Å². The van der Waals surface area contributed by atoms with Crippen LogP contribution in [0.2, 0.25) is 5.02 Å². The van der Waals surface area contributed by atoms with E-state index >= 15 is 0 Å². The number of fused-ring (bicyclic) bond motifs is 1. The predicted octanol–water partition coefficient (Wildman–Crippen LogP) is 2.60. The number of hydrogen-bond donors (Lipinski definition) is 1. The summed E-state index contributed by atoms with van der Waals surface area (Å²) in [5.41, 5.74) is 0.877. The van der Waals surface area contributed by atoms with E-state index in [-0.39, 0.29) is 12.5 Å². The first-order chi connectivity index (χ1) is 10.9. The zero-order valence-corrected chi connectivity index (χ0v) is 14.4. The van der Waals surface area contributed by atoms with Crippen LogP contribution in [0, 0.1) is 11.8 Å². The number of ether oxygens (including phenoxy) is 2. The van der Waals surface area contributed by atoms with Gasteiger partial charge in [0, 0.05) is 11.6 Å². The molecule has 126 valence electrons. The van der Waals surface area contributed by atoms with Gasteiger partial charge in [-0.05, 0) is 43.0 Å². The van der Waals surface area contributed by atoms with Gasteiger partial charge in [0.15, 0.2) is 6.10 Å². The van der Waals surface area contributed by atoms with E-state index in [9.17, 15) is 9.59 Å². The molecule has 1 amide bonds. The summed E-state index contributed by atoms with van der Waals surface area (Å²) >= 11 is 5.97. The van der Waals surface area contributed by atoms with Gasteiger partial charge in [-0.1, -0.05) is 25.4 Å². The second-order valence-corrected chi connectivity index (χ2v) is 6.62. The number of esters is 1. The minimum atomic E-state index is -0.818. The lowest BCUT2D eigenvalue weighted by atomic mass is 9.97. The van der Waals surface area contributed by atoms with E-state index < -0.39 is 18.0 Å². The molecule has 23 heavy (non-hydrogen) atoms. The molecule has 1 aliphatic heterocycles. The second kappa shape index (κ2) is 7.68. The molecule has 0 saturated carbocycles. The van der Waals surface area contributed by atoms with E-state index in [1.54, 1.807) is 25.1 Å². The summed E-state index contributed by atoms with van der Waals surface area (Å²) in [6.45, 7) is 6.37. The van der Waals surface area contributed by atoms with Gasteiger partial charge in [-0.15, -0.1) is 0 Å². The Morgan fingerprint density at radius 1 is 1.39 bits per heavy atom. The maximum atomic E-state index is 12.2. The maximum absolute atomic E-state index is 12.2. The van der Waals surface area contributed by atoms with E-state index in [4.69, 9.17) is 21.1 Å². The number of halogens is 1. The van der Waals surface area contributed by atoms with Gasteiger partial charge in [0.05, 0.1) is 5.92 Å². The van der Waals surface area contributed by atoms with Crippen molar-refractivity contribution in [3.05, 3.63) is 28.8 Å². The van der Waals surface area contributed by atoms with Crippen LogP contribution in [0.25, 0.3) is 0 Å². The van der Waals surface area contributed by atoms with E-state index in [1.165, 1.54) is 0 Å². The van der Waals surface area contributed by atoms with Gasteiger partial charge in [0.25, 0.3) is 5.91 Å². The third-order valence-electron chi connectivity index (χ3n) is 3.61. The van der Waals surface area contributed by atoms with Crippen LogP contribution in [0.3, 0.4) is 0 Å². The predicted molar refractivity (Wildman–Crippen MR) is 87.5 cm³/mol. The van der Waals surface area contributed by atoms with Crippen molar-refractivity contribution >= 4 is 23.5 Å². The molecular formula is C17H22ClNO4. The first-order valence-corrected chi connectivity index (χ1v) is 8.14. The first-order valence-electron chi connectivity index (χ1n) is 7.76. The highest BCUT2D eigenvalue weighted by atomic mass is 35.5. The van der Waals surface area contributed by atoms with Crippen LogP contribution in [0.5, 0.6) is 5.75 Å². The van der Waals surface area contributed by atoms with Crippen LogP contribution in [-0.2, 0) is 20.7 Å². The Balaban J connectivity index is 1.90. The first kappa shape index (κ1) is 17.6. The molecule has 0 aromatic heterocycles. The third kappa shape index (κ3) is 4.86. The Hall–Kier alpha value is -1.75. The Bertz CT molecular complexity index is 588. The quantitative estimate of drug-likeness (QED) is 0.837. The number of amides is 1. The molecule has 0 unspecified atom stereocenters. The molecule has 1 aromatic carbocycles. The Labute approximate surface area is 141 Å². The minimum absolute atomic E-state index is 0.244. The smallest absolute Gasteiger partial charge is 0.313 e. The molecule has 6 heteroatoms. The SMILES string of the molecule is CC(C)CNC(=O)[C@@H](C)OC(=O)[C@@H]1COc2ccc(Cl)cc2C1. The third-order valence-corrected chi connectivity index (χ3v) is 3.84. The van der Waals surface area contributed by atoms with E-state index in [0.29, 0.717) is 23.9 Å². The van der Waals surface area contributed by atoms with Crippen molar-refractivity contribution in [3.8, 4) is 5.75 Å². The standard InChI is InChI=1S/C17H22ClNO4/c1-10(2)8-19-16(20)11(3)23-17(21)13-6-12-7-14(18)4-5-15(12)22-9-13/h4-5,7,10-11,13H,6,8-9H2,1-3H3,(H,19,20)/t11-,13+/m1/s1. The van der Waals surface area contributed by atoms with Gasteiger partial charge in [0.2, 0.25) is 0 Å². The van der Waals surface area contributed by atoms with Gasteiger partial charge in [-0.25, -0.2) is 0 Å². The summed E-state index contributed by atoms with van der Waals surface area (Å²) in [4.78, 5) is 24.1. The molecule has 5 nitrogen and oxygen atoms in total. The van der Waals surface area contributed by atoms with Gasteiger partial charge in [0.1, 0.15) is 12.4 Å². The van der Waals surface area contributed by atoms with Gasteiger partial charge in [-0.2, -0.15) is 0 Å². The number of hydrogen-bond acceptors (Lipinski definition) is 4. The number of carbonyl (C=O) groups is 2. The van der Waals surface area contributed by atoms with Gasteiger partial charge >= 0.3 is 5.97 Å². The van der Waals surface area contributed by atoms with Crippen LogP contribution in [0.1, 0.15) is 26.3 Å². The molecular weight excluding hydrogens is 318 g/mol. The highest BCUT2D eigenvalue weighted by Crippen LogP contribution is 2.30. The molecule has 1 N–H and O–H groups in total. The summed E-state index contributed by atoms with van der Waals surface area (Å²) in [6, 6.07) is 5.33. The molecule has 1 aliphatic rings. The highest BCUT2D eigenvalue weighted by Gasteiger charge is 2.29. The summed E-state index contributed by atoms with van der Waals surface area (Å²) in [7, 11) is 0. The van der Waals surface area contributed by atoms with Crippen LogP contribution in [0.15, 0.2) is 18.2 Å². The maximum Gasteiger partial charge on any atom is 0.313 e. The van der Waals surface area contributed by atoms with Crippen molar-refractivity contribution in [1.82, 2.24) is 5.32 Å². The number of nitrogens with one attached hydrogen (secondary N) is 1. The normalized spacial score (nSPS) is 17.9. The van der Waals surface area contributed by atoms with Gasteiger partial charge < -0.3 is 14.8 Å². The molecule has 0 fully saturated rings. The Morgan fingerprint density at radius 2 is 2.13 bits per heavy atom. The van der Waals surface area contributed by atoms with Crippen molar-refractivity contribution in [1.29, 1.82) is 0 Å². The van der Waals surface area contributed by atoms with E-state index in [2.05, 4.69) is 5.32 Å². The van der Waals surface area contributed by atoms with E-state index in [0.717, 1.165) is 11.3 Å². The number of benzene rings is 1. The lowest BCUT2D eigenvalue weighted by Crippen LogP contribution is -2.40. The monoisotopic (exact) mass is 339 g/mol. The lowest BCUT2D eigenvalue weighted by Gasteiger charge is -2.25. The molecule has 0 spiro atoms.